The third-order valence-corrected chi connectivity index (χ3v) is 3.35. The third-order valence-electron chi connectivity index (χ3n) is 2.18. The van der Waals surface area contributed by atoms with Crippen molar-refractivity contribution in [2.75, 3.05) is 12.4 Å². The summed E-state index contributed by atoms with van der Waals surface area (Å²) in [6.45, 7) is 2.24. The van der Waals surface area contributed by atoms with Crippen molar-refractivity contribution in [3.05, 3.63) is 17.5 Å². The number of nitrogens with one attached hydrogen (secondary N) is 1. The van der Waals surface area contributed by atoms with Gasteiger partial charge in [-0.25, -0.2) is 4.79 Å². The Balaban J connectivity index is 2.19. The van der Waals surface area contributed by atoms with Crippen molar-refractivity contribution in [1.82, 2.24) is 4.98 Å². The minimum absolute atomic E-state index is 0.248. The molecule has 0 bridgehead atoms. The van der Waals surface area contributed by atoms with E-state index in [1.54, 1.807) is 11.8 Å². The fourth-order valence-corrected chi connectivity index (χ4v) is 2.58. The SMILES string of the molecule is CCOC(=O)c1cc2c([nH]1)CCCS2. The topological polar surface area (TPSA) is 42.1 Å². The first-order chi connectivity index (χ1) is 6.81. The van der Waals surface area contributed by atoms with E-state index < -0.39 is 0 Å². The Bertz CT molecular complexity index is 322. The summed E-state index contributed by atoms with van der Waals surface area (Å²) in [5.74, 6) is 0.898. The first-order valence-corrected chi connectivity index (χ1v) is 5.81. The van der Waals surface area contributed by atoms with Crippen molar-refractivity contribution in [1.29, 1.82) is 0 Å². The van der Waals surface area contributed by atoms with Crippen molar-refractivity contribution >= 4 is 17.7 Å². The average molecular weight is 211 g/mol. The highest BCUT2D eigenvalue weighted by Gasteiger charge is 2.17. The minimum atomic E-state index is -0.248. The molecular weight excluding hydrogens is 198 g/mol. The monoisotopic (exact) mass is 211 g/mol. The molecule has 0 amide bonds. The molecular formula is C10H13NO2S. The normalized spacial score (nSPS) is 14.9. The van der Waals surface area contributed by atoms with E-state index in [9.17, 15) is 4.79 Å². The Morgan fingerprint density at radius 2 is 2.57 bits per heavy atom. The zero-order chi connectivity index (χ0) is 9.97. The number of thioether (sulfide) groups is 1. The summed E-state index contributed by atoms with van der Waals surface area (Å²) in [5, 5.41) is 0. The van der Waals surface area contributed by atoms with Gasteiger partial charge in [-0.2, -0.15) is 0 Å². The third kappa shape index (κ3) is 1.80. The summed E-state index contributed by atoms with van der Waals surface area (Å²) in [6, 6.07) is 1.90. The maximum absolute atomic E-state index is 11.4. The van der Waals surface area contributed by atoms with E-state index in [1.807, 2.05) is 13.0 Å². The molecule has 0 radical (unpaired) electrons. The zero-order valence-corrected chi connectivity index (χ0v) is 8.95. The van der Waals surface area contributed by atoms with Gasteiger partial charge in [0.1, 0.15) is 5.69 Å². The number of esters is 1. The molecule has 0 aromatic carbocycles. The summed E-state index contributed by atoms with van der Waals surface area (Å²) in [7, 11) is 0. The van der Waals surface area contributed by atoms with Crippen LogP contribution in [-0.4, -0.2) is 23.3 Å². The summed E-state index contributed by atoms with van der Waals surface area (Å²) in [6.07, 6.45) is 2.22. The van der Waals surface area contributed by atoms with Gasteiger partial charge in [0.25, 0.3) is 0 Å². The molecule has 1 aliphatic heterocycles. The maximum Gasteiger partial charge on any atom is 0.354 e. The van der Waals surface area contributed by atoms with Crippen molar-refractivity contribution in [2.24, 2.45) is 0 Å². The van der Waals surface area contributed by atoms with Crippen LogP contribution < -0.4 is 0 Å². The van der Waals surface area contributed by atoms with Crippen molar-refractivity contribution < 1.29 is 9.53 Å². The molecule has 1 aromatic heterocycles. The number of aryl methyl sites for hydroxylation is 1. The number of fused-ring (bicyclic) bond motifs is 1. The lowest BCUT2D eigenvalue weighted by molar-refractivity contribution is 0.0520. The smallest absolute Gasteiger partial charge is 0.354 e. The number of rotatable bonds is 2. The molecule has 0 aliphatic carbocycles. The summed E-state index contributed by atoms with van der Waals surface area (Å²) in [4.78, 5) is 15.7. The van der Waals surface area contributed by atoms with E-state index in [2.05, 4.69) is 4.98 Å². The Kier molecular flexibility index (Phi) is 2.82. The lowest BCUT2D eigenvalue weighted by Crippen LogP contribution is -2.05. The lowest BCUT2D eigenvalue weighted by Gasteiger charge is -2.08. The van der Waals surface area contributed by atoms with Gasteiger partial charge < -0.3 is 9.72 Å². The molecule has 0 spiro atoms. The van der Waals surface area contributed by atoms with Gasteiger partial charge in [0.15, 0.2) is 0 Å². The van der Waals surface area contributed by atoms with Crippen molar-refractivity contribution in [3.63, 3.8) is 0 Å². The first-order valence-electron chi connectivity index (χ1n) is 4.83. The molecule has 0 fully saturated rings. The lowest BCUT2D eigenvalue weighted by atomic mass is 10.2. The van der Waals surface area contributed by atoms with Gasteiger partial charge in [-0.3, -0.25) is 0 Å². The number of aromatic amines is 1. The molecule has 14 heavy (non-hydrogen) atoms. The largest absolute Gasteiger partial charge is 0.461 e. The van der Waals surface area contributed by atoms with Crippen LogP contribution in [0.25, 0.3) is 0 Å². The number of hydrogen-bond acceptors (Lipinski definition) is 3. The molecule has 1 N–H and O–H groups in total. The Morgan fingerprint density at radius 3 is 3.29 bits per heavy atom. The van der Waals surface area contributed by atoms with E-state index in [4.69, 9.17) is 4.74 Å². The Labute approximate surface area is 87.2 Å². The van der Waals surface area contributed by atoms with Gasteiger partial charge in [-0.1, -0.05) is 0 Å². The fraction of sp³-hybridized carbons (Fsp3) is 0.500. The van der Waals surface area contributed by atoms with Gasteiger partial charge in [0.2, 0.25) is 0 Å². The molecule has 1 aromatic rings. The van der Waals surface area contributed by atoms with Crippen LogP contribution in [0.4, 0.5) is 0 Å². The quantitative estimate of drug-likeness (QED) is 0.763. The van der Waals surface area contributed by atoms with E-state index >= 15 is 0 Å². The molecule has 1 aliphatic rings. The van der Waals surface area contributed by atoms with Gasteiger partial charge in [0.05, 0.1) is 6.61 Å². The van der Waals surface area contributed by atoms with Crippen LogP contribution in [-0.2, 0) is 11.2 Å². The highest BCUT2D eigenvalue weighted by Crippen LogP contribution is 2.30. The molecule has 2 rings (SSSR count). The van der Waals surface area contributed by atoms with Crippen LogP contribution in [0.2, 0.25) is 0 Å². The second-order valence-corrected chi connectivity index (χ2v) is 4.34. The van der Waals surface area contributed by atoms with Crippen LogP contribution in [0.5, 0.6) is 0 Å². The Morgan fingerprint density at radius 1 is 1.71 bits per heavy atom. The molecule has 0 unspecified atom stereocenters. The van der Waals surface area contributed by atoms with Gasteiger partial charge in [-0.15, -0.1) is 11.8 Å². The standard InChI is InChI=1S/C10H13NO2S/c1-2-13-10(12)8-6-9-7(11-8)4-3-5-14-9/h6,11H,2-5H2,1H3. The first kappa shape index (κ1) is 9.65. The highest BCUT2D eigenvalue weighted by atomic mass is 32.2. The van der Waals surface area contributed by atoms with Crippen LogP contribution in [0.3, 0.4) is 0 Å². The molecule has 0 atom stereocenters. The highest BCUT2D eigenvalue weighted by molar-refractivity contribution is 7.99. The van der Waals surface area contributed by atoms with Crippen LogP contribution in [0.1, 0.15) is 29.5 Å². The summed E-state index contributed by atoms with van der Waals surface area (Å²) >= 11 is 1.81. The van der Waals surface area contributed by atoms with Gasteiger partial charge in [-0.05, 0) is 31.6 Å². The maximum atomic E-state index is 11.4. The number of aromatic nitrogens is 1. The minimum Gasteiger partial charge on any atom is -0.461 e. The van der Waals surface area contributed by atoms with Crippen LogP contribution in [0.15, 0.2) is 11.0 Å². The van der Waals surface area contributed by atoms with E-state index in [1.165, 1.54) is 17.0 Å². The summed E-state index contributed by atoms with van der Waals surface area (Å²) in [5.41, 5.74) is 1.77. The Hall–Kier alpha value is -0.900. The van der Waals surface area contributed by atoms with Crippen molar-refractivity contribution in [3.8, 4) is 0 Å². The molecule has 76 valence electrons. The van der Waals surface area contributed by atoms with E-state index in [-0.39, 0.29) is 5.97 Å². The second-order valence-electron chi connectivity index (χ2n) is 3.20. The number of carbonyl (C=O) groups is 1. The van der Waals surface area contributed by atoms with Crippen LogP contribution in [0, 0.1) is 0 Å². The van der Waals surface area contributed by atoms with E-state index in [0.717, 1.165) is 12.2 Å². The number of H-pyrrole nitrogens is 1. The van der Waals surface area contributed by atoms with Gasteiger partial charge >= 0.3 is 5.97 Å². The number of hydrogen-bond donors (Lipinski definition) is 1. The molecule has 0 saturated carbocycles. The predicted octanol–water partition coefficient (Wildman–Crippen LogP) is 2.23. The molecule has 3 nitrogen and oxygen atoms in total. The fourth-order valence-electron chi connectivity index (χ4n) is 1.54. The summed E-state index contributed by atoms with van der Waals surface area (Å²) < 4.78 is 4.93. The predicted molar refractivity (Wildman–Crippen MR) is 55.8 cm³/mol. The zero-order valence-electron chi connectivity index (χ0n) is 8.13. The number of carbonyl (C=O) groups excluding carboxylic acids is 1. The number of ether oxygens (including phenoxy) is 1. The average Bonchev–Trinajstić information content (AvgIpc) is 2.61. The second kappa shape index (κ2) is 4.09. The molecule has 2 heterocycles. The van der Waals surface area contributed by atoms with Gasteiger partial charge in [0, 0.05) is 10.6 Å². The molecule has 0 saturated heterocycles. The van der Waals surface area contributed by atoms with E-state index in [0.29, 0.717) is 12.3 Å². The molecule has 4 heteroatoms. The van der Waals surface area contributed by atoms with Crippen molar-refractivity contribution in [2.45, 2.75) is 24.7 Å². The van der Waals surface area contributed by atoms with Crippen LogP contribution >= 0.6 is 11.8 Å².